The highest BCUT2D eigenvalue weighted by Gasteiger charge is 2.12. The molecule has 100 valence electrons. The molecular formula is C13H11N5O2. The number of benzene rings is 2. The summed E-state index contributed by atoms with van der Waals surface area (Å²) < 4.78 is 1.64. The normalized spacial score (nSPS) is 10.7. The Balaban J connectivity index is 2.23. The molecule has 0 bridgehead atoms. The third kappa shape index (κ3) is 1.95. The molecular weight excluding hydrogens is 258 g/mol. The fourth-order valence-electron chi connectivity index (χ4n) is 2.08. The zero-order valence-corrected chi connectivity index (χ0v) is 10.4. The van der Waals surface area contributed by atoms with Crippen LogP contribution in [0.15, 0.2) is 48.7 Å². The Morgan fingerprint density at radius 2 is 2.05 bits per heavy atom. The minimum absolute atomic E-state index is 0.0463. The van der Waals surface area contributed by atoms with Gasteiger partial charge in [-0.05, 0) is 12.1 Å². The summed E-state index contributed by atoms with van der Waals surface area (Å²) in [5.41, 5.74) is 4.28. The number of hydrogen-bond acceptors (Lipinski definition) is 5. The number of nitrogens with zero attached hydrogens (tertiary/aromatic N) is 3. The van der Waals surface area contributed by atoms with E-state index in [-0.39, 0.29) is 5.69 Å². The molecule has 0 spiro atoms. The van der Waals surface area contributed by atoms with Crippen LogP contribution in [0.1, 0.15) is 0 Å². The molecule has 0 aliphatic carbocycles. The van der Waals surface area contributed by atoms with E-state index in [1.807, 2.05) is 24.3 Å². The number of rotatable bonds is 3. The van der Waals surface area contributed by atoms with Gasteiger partial charge in [0, 0.05) is 17.5 Å². The molecule has 7 nitrogen and oxygen atoms in total. The van der Waals surface area contributed by atoms with Crippen molar-refractivity contribution in [2.24, 2.45) is 5.84 Å². The Hall–Kier alpha value is -2.93. The van der Waals surface area contributed by atoms with E-state index in [9.17, 15) is 10.1 Å². The summed E-state index contributed by atoms with van der Waals surface area (Å²) in [6.07, 6.45) is 1.71. The maximum Gasteiger partial charge on any atom is 0.273 e. The molecule has 0 atom stereocenters. The summed E-state index contributed by atoms with van der Waals surface area (Å²) in [6.45, 7) is 0. The molecule has 3 N–H and O–H groups in total. The number of para-hydroxylation sites is 1. The predicted octanol–water partition coefficient (Wildman–Crippen LogP) is 2.22. The van der Waals surface area contributed by atoms with Crippen LogP contribution in [0, 0.1) is 10.1 Å². The third-order valence-electron chi connectivity index (χ3n) is 3.00. The minimum Gasteiger partial charge on any atom is -0.324 e. The van der Waals surface area contributed by atoms with Gasteiger partial charge in [-0.25, -0.2) is 4.68 Å². The number of fused-ring (bicyclic) bond motifs is 1. The second kappa shape index (κ2) is 4.63. The highest BCUT2D eigenvalue weighted by molar-refractivity contribution is 5.80. The van der Waals surface area contributed by atoms with Crippen molar-refractivity contribution in [3.63, 3.8) is 0 Å². The van der Waals surface area contributed by atoms with Crippen LogP contribution >= 0.6 is 0 Å². The van der Waals surface area contributed by atoms with Crippen LogP contribution in [0.2, 0.25) is 0 Å². The molecule has 0 saturated heterocycles. The third-order valence-corrected chi connectivity index (χ3v) is 3.00. The fraction of sp³-hybridized carbons (Fsp3) is 0. The molecule has 1 heterocycles. The molecule has 7 heteroatoms. The Labute approximate surface area is 113 Å². The van der Waals surface area contributed by atoms with E-state index in [1.54, 1.807) is 16.9 Å². The lowest BCUT2D eigenvalue weighted by Gasteiger charge is -2.06. The second-order valence-corrected chi connectivity index (χ2v) is 4.25. The van der Waals surface area contributed by atoms with Crippen LogP contribution in [0.5, 0.6) is 0 Å². The van der Waals surface area contributed by atoms with Crippen molar-refractivity contribution < 1.29 is 4.92 Å². The standard InChI is InChI=1S/C13H11N5O2/c14-16-10-5-11(7-12(6-10)18(19)20)17-13-4-2-1-3-9(13)8-15-17/h1-8,16H,14H2. The van der Waals surface area contributed by atoms with Crippen molar-refractivity contribution in [3.8, 4) is 5.69 Å². The van der Waals surface area contributed by atoms with E-state index in [2.05, 4.69) is 10.5 Å². The number of nitrogens with one attached hydrogen (secondary N) is 1. The Morgan fingerprint density at radius 3 is 2.80 bits per heavy atom. The smallest absolute Gasteiger partial charge is 0.273 e. The topological polar surface area (TPSA) is 99.0 Å². The first-order valence-electron chi connectivity index (χ1n) is 5.88. The van der Waals surface area contributed by atoms with Crippen LogP contribution < -0.4 is 11.3 Å². The highest BCUT2D eigenvalue weighted by atomic mass is 16.6. The lowest BCUT2D eigenvalue weighted by molar-refractivity contribution is -0.384. The Bertz CT molecular complexity index is 796. The first-order valence-corrected chi connectivity index (χ1v) is 5.88. The number of hydrazine groups is 1. The molecule has 0 aliphatic rings. The van der Waals surface area contributed by atoms with Crippen molar-refractivity contribution in [2.45, 2.75) is 0 Å². The lowest BCUT2D eigenvalue weighted by atomic mass is 10.2. The predicted molar refractivity (Wildman–Crippen MR) is 75.5 cm³/mol. The van der Waals surface area contributed by atoms with Gasteiger partial charge in [-0.2, -0.15) is 5.10 Å². The molecule has 0 radical (unpaired) electrons. The average Bonchev–Trinajstić information content (AvgIpc) is 2.90. The van der Waals surface area contributed by atoms with E-state index in [4.69, 9.17) is 5.84 Å². The number of anilines is 1. The van der Waals surface area contributed by atoms with Gasteiger partial charge < -0.3 is 5.43 Å². The van der Waals surface area contributed by atoms with Gasteiger partial charge in [0.2, 0.25) is 0 Å². The van der Waals surface area contributed by atoms with E-state index >= 15 is 0 Å². The highest BCUT2D eigenvalue weighted by Crippen LogP contribution is 2.25. The van der Waals surface area contributed by atoms with Crippen molar-refractivity contribution >= 4 is 22.3 Å². The van der Waals surface area contributed by atoms with Gasteiger partial charge in [0.25, 0.3) is 5.69 Å². The molecule has 20 heavy (non-hydrogen) atoms. The molecule has 0 amide bonds. The van der Waals surface area contributed by atoms with Crippen LogP contribution in [-0.2, 0) is 0 Å². The van der Waals surface area contributed by atoms with Crippen molar-refractivity contribution in [2.75, 3.05) is 5.43 Å². The second-order valence-electron chi connectivity index (χ2n) is 4.25. The van der Waals surface area contributed by atoms with Crippen LogP contribution in [0.25, 0.3) is 16.6 Å². The minimum atomic E-state index is -0.462. The van der Waals surface area contributed by atoms with Crippen molar-refractivity contribution in [3.05, 3.63) is 58.8 Å². The summed E-state index contributed by atoms with van der Waals surface area (Å²) in [6, 6.07) is 12.2. The number of hydrogen-bond donors (Lipinski definition) is 2. The van der Waals surface area contributed by atoms with E-state index in [0.29, 0.717) is 11.4 Å². The summed E-state index contributed by atoms with van der Waals surface area (Å²) in [7, 11) is 0. The van der Waals surface area contributed by atoms with E-state index in [1.165, 1.54) is 12.1 Å². The number of nitrogens with two attached hydrogens (primary N) is 1. The lowest BCUT2D eigenvalue weighted by Crippen LogP contribution is -2.08. The maximum atomic E-state index is 11.0. The van der Waals surface area contributed by atoms with Gasteiger partial charge in [-0.1, -0.05) is 18.2 Å². The first-order chi connectivity index (χ1) is 9.69. The molecule has 0 saturated carbocycles. The molecule has 3 rings (SSSR count). The van der Waals surface area contributed by atoms with Gasteiger partial charge in [-0.3, -0.25) is 16.0 Å². The van der Waals surface area contributed by atoms with Gasteiger partial charge in [0.05, 0.1) is 28.0 Å². The number of nitro benzene ring substituents is 1. The largest absolute Gasteiger partial charge is 0.324 e. The van der Waals surface area contributed by atoms with Crippen LogP contribution in [0.3, 0.4) is 0 Å². The van der Waals surface area contributed by atoms with Crippen LogP contribution in [0.4, 0.5) is 11.4 Å². The van der Waals surface area contributed by atoms with E-state index in [0.717, 1.165) is 10.9 Å². The number of nitrogen functional groups attached to an aromatic ring is 1. The molecule has 0 fully saturated rings. The molecule has 2 aromatic carbocycles. The van der Waals surface area contributed by atoms with E-state index < -0.39 is 4.92 Å². The van der Waals surface area contributed by atoms with Gasteiger partial charge >= 0.3 is 0 Å². The zero-order chi connectivity index (χ0) is 14.1. The van der Waals surface area contributed by atoms with Gasteiger partial charge in [0.15, 0.2) is 0 Å². The summed E-state index contributed by atoms with van der Waals surface area (Å²) >= 11 is 0. The quantitative estimate of drug-likeness (QED) is 0.431. The molecule has 3 aromatic rings. The maximum absolute atomic E-state index is 11.0. The summed E-state index contributed by atoms with van der Waals surface area (Å²) in [5, 5.41) is 16.2. The van der Waals surface area contributed by atoms with Gasteiger partial charge in [0.1, 0.15) is 0 Å². The average molecular weight is 269 g/mol. The monoisotopic (exact) mass is 269 g/mol. The summed E-state index contributed by atoms with van der Waals surface area (Å²) in [5.74, 6) is 5.35. The molecule has 0 unspecified atom stereocenters. The SMILES string of the molecule is NNc1cc(-n2ncc3ccccc32)cc([N+](=O)[O-])c1. The molecule has 0 aliphatic heterocycles. The number of non-ortho nitro benzene ring substituents is 1. The fourth-order valence-corrected chi connectivity index (χ4v) is 2.08. The molecule has 1 aromatic heterocycles. The first kappa shape index (κ1) is 12.1. The number of aromatic nitrogens is 2. The Morgan fingerprint density at radius 1 is 1.25 bits per heavy atom. The van der Waals surface area contributed by atoms with Gasteiger partial charge in [-0.15, -0.1) is 0 Å². The zero-order valence-electron chi connectivity index (χ0n) is 10.4. The Kier molecular flexibility index (Phi) is 2.81. The van der Waals surface area contributed by atoms with Crippen molar-refractivity contribution in [1.29, 1.82) is 0 Å². The van der Waals surface area contributed by atoms with Crippen molar-refractivity contribution in [1.82, 2.24) is 9.78 Å². The summed E-state index contributed by atoms with van der Waals surface area (Å²) in [4.78, 5) is 10.5. The van der Waals surface area contributed by atoms with Crippen LogP contribution in [-0.4, -0.2) is 14.7 Å². The number of nitro groups is 1.